The van der Waals surface area contributed by atoms with E-state index in [4.69, 9.17) is 5.21 Å². The van der Waals surface area contributed by atoms with E-state index in [0.29, 0.717) is 0 Å². The van der Waals surface area contributed by atoms with Crippen molar-refractivity contribution in [1.29, 1.82) is 0 Å². The predicted molar refractivity (Wildman–Crippen MR) is 47.6 cm³/mol. The topological polar surface area (TPSA) is 35.8 Å². The summed E-state index contributed by atoms with van der Waals surface area (Å²) in [6.07, 6.45) is 5.18. The van der Waals surface area contributed by atoms with Crippen molar-refractivity contribution in [3.05, 3.63) is 0 Å². The molecule has 0 aromatic heterocycles. The SMILES string of the molecule is O/N=C1\CCN(CCC2CC2)C1. The molecule has 0 amide bonds. The number of rotatable bonds is 3. The van der Waals surface area contributed by atoms with Gasteiger partial charge in [0.05, 0.1) is 5.71 Å². The largest absolute Gasteiger partial charge is 0.411 e. The van der Waals surface area contributed by atoms with Crippen molar-refractivity contribution < 1.29 is 5.21 Å². The van der Waals surface area contributed by atoms with Crippen molar-refractivity contribution in [2.24, 2.45) is 11.1 Å². The molecule has 1 saturated carbocycles. The van der Waals surface area contributed by atoms with Gasteiger partial charge in [-0.2, -0.15) is 0 Å². The Bertz CT molecular complexity index is 187. The van der Waals surface area contributed by atoms with E-state index in [0.717, 1.165) is 31.1 Å². The molecule has 3 nitrogen and oxygen atoms in total. The van der Waals surface area contributed by atoms with Crippen LogP contribution in [-0.4, -0.2) is 35.5 Å². The summed E-state index contributed by atoms with van der Waals surface area (Å²) >= 11 is 0. The van der Waals surface area contributed by atoms with E-state index in [9.17, 15) is 0 Å². The lowest BCUT2D eigenvalue weighted by Crippen LogP contribution is -2.22. The van der Waals surface area contributed by atoms with Crippen LogP contribution in [0.15, 0.2) is 5.16 Å². The van der Waals surface area contributed by atoms with Gasteiger partial charge in [-0.3, -0.25) is 4.90 Å². The van der Waals surface area contributed by atoms with Crippen molar-refractivity contribution in [2.45, 2.75) is 25.7 Å². The van der Waals surface area contributed by atoms with Crippen LogP contribution in [-0.2, 0) is 0 Å². The fourth-order valence-corrected chi connectivity index (χ4v) is 1.75. The van der Waals surface area contributed by atoms with E-state index in [1.54, 1.807) is 0 Å². The summed E-state index contributed by atoms with van der Waals surface area (Å²) in [4.78, 5) is 2.38. The van der Waals surface area contributed by atoms with Crippen LogP contribution < -0.4 is 0 Å². The van der Waals surface area contributed by atoms with Crippen LogP contribution in [0.3, 0.4) is 0 Å². The fraction of sp³-hybridized carbons (Fsp3) is 0.889. The molecule has 12 heavy (non-hydrogen) atoms. The van der Waals surface area contributed by atoms with Crippen molar-refractivity contribution in [3.8, 4) is 0 Å². The minimum atomic E-state index is 0.892. The monoisotopic (exact) mass is 168 g/mol. The van der Waals surface area contributed by atoms with Crippen molar-refractivity contribution >= 4 is 5.71 Å². The second kappa shape index (κ2) is 3.44. The molecule has 0 radical (unpaired) electrons. The normalized spacial score (nSPS) is 28.5. The smallest absolute Gasteiger partial charge is 0.0723 e. The Labute approximate surface area is 73.1 Å². The van der Waals surface area contributed by atoms with Gasteiger partial charge in [0.1, 0.15) is 0 Å². The summed E-state index contributed by atoms with van der Waals surface area (Å²) in [6.45, 7) is 3.18. The van der Waals surface area contributed by atoms with Gasteiger partial charge in [-0.25, -0.2) is 0 Å². The van der Waals surface area contributed by atoms with Gasteiger partial charge >= 0.3 is 0 Å². The summed E-state index contributed by atoms with van der Waals surface area (Å²) in [5, 5.41) is 11.8. The van der Waals surface area contributed by atoms with Gasteiger partial charge in [-0.05, 0) is 18.9 Å². The maximum absolute atomic E-state index is 8.53. The minimum absolute atomic E-state index is 0.892. The molecule has 1 N–H and O–H groups in total. The quantitative estimate of drug-likeness (QED) is 0.509. The number of hydrogen-bond donors (Lipinski definition) is 1. The molecule has 68 valence electrons. The zero-order valence-electron chi connectivity index (χ0n) is 7.37. The maximum Gasteiger partial charge on any atom is 0.0723 e. The first-order valence-electron chi connectivity index (χ1n) is 4.80. The third-order valence-electron chi connectivity index (χ3n) is 2.81. The van der Waals surface area contributed by atoms with Crippen molar-refractivity contribution in [1.82, 2.24) is 4.90 Å². The lowest BCUT2D eigenvalue weighted by molar-refractivity contribution is 0.313. The third kappa shape index (κ3) is 1.97. The zero-order chi connectivity index (χ0) is 8.39. The Morgan fingerprint density at radius 1 is 1.50 bits per heavy atom. The average Bonchev–Trinajstić information content (AvgIpc) is 2.81. The Morgan fingerprint density at radius 3 is 2.92 bits per heavy atom. The van der Waals surface area contributed by atoms with Gasteiger partial charge in [0.25, 0.3) is 0 Å². The Balaban J connectivity index is 1.68. The molecule has 1 saturated heterocycles. The molecule has 0 unspecified atom stereocenters. The van der Waals surface area contributed by atoms with Gasteiger partial charge < -0.3 is 5.21 Å². The highest BCUT2D eigenvalue weighted by atomic mass is 16.4. The molecule has 3 heteroatoms. The molecule has 1 aliphatic carbocycles. The molecule has 0 atom stereocenters. The molecular formula is C9H16N2O. The van der Waals surface area contributed by atoms with Crippen LogP contribution in [0.1, 0.15) is 25.7 Å². The summed E-state index contributed by atoms with van der Waals surface area (Å²) in [6, 6.07) is 0. The molecule has 1 heterocycles. The lowest BCUT2D eigenvalue weighted by atomic mass is 10.3. The summed E-state index contributed by atoms with van der Waals surface area (Å²) in [5.74, 6) is 1.01. The zero-order valence-corrected chi connectivity index (χ0v) is 7.37. The average molecular weight is 168 g/mol. The molecule has 1 aliphatic heterocycles. The number of nitrogens with zero attached hydrogens (tertiary/aromatic N) is 2. The van der Waals surface area contributed by atoms with Crippen LogP contribution in [0.2, 0.25) is 0 Å². The standard InChI is InChI=1S/C9H16N2O/c12-10-9-4-6-11(7-9)5-3-8-1-2-8/h8,12H,1-7H2/b10-9+. The van der Waals surface area contributed by atoms with Crippen LogP contribution in [0.4, 0.5) is 0 Å². The van der Waals surface area contributed by atoms with E-state index >= 15 is 0 Å². The van der Waals surface area contributed by atoms with Crippen molar-refractivity contribution in [3.63, 3.8) is 0 Å². The molecule has 2 aliphatic rings. The van der Waals surface area contributed by atoms with E-state index in [-0.39, 0.29) is 0 Å². The third-order valence-corrected chi connectivity index (χ3v) is 2.81. The molecule has 0 bridgehead atoms. The Kier molecular flexibility index (Phi) is 2.30. The predicted octanol–water partition coefficient (Wildman–Crippen LogP) is 1.32. The van der Waals surface area contributed by atoms with Crippen LogP contribution in [0.25, 0.3) is 0 Å². The summed E-state index contributed by atoms with van der Waals surface area (Å²) in [7, 11) is 0. The molecule has 0 aromatic rings. The minimum Gasteiger partial charge on any atom is -0.411 e. The second-order valence-electron chi connectivity index (χ2n) is 3.92. The van der Waals surface area contributed by atoms with Crippen LogP contribution in [0, 0.1) is 5.92 Å². The van der Waals surface area contributed by atoms with Gasteiger partial charge in [0, 0.05) is 19.5 Å². The van der Waals surface area contributed by atoms with E-state index in [1.165, 1.54) is 25.8 Å². The lowest BCUT2D eigenvalue weighted by Gasteiger charge is -2.12. The van der Waals surface area contributed by atoms with E-state index in [2.05, 4.69) is 10.1 Å². The highest BCUT2D eigenvalue weighted by Gasteiger charge is 2.24. The Morgan fingerprint density at radius 2 is 2.33 bits per heavy atom. The highest BCUT2D eigenvalue weighted by Crippen LogP contribution is 2.32. The van der Waals surface area contributed by atoms with Crippen LogP contribution >= 0.6 is 0 Å². The Hall–Kier alpha value is -0.570. The summed E-state index contributed by atoms with van der Waals surface area (Å²) < 4.78 is 0. The van der Waals surface area contributed by atoms with E-state index in [1.807, 2.05) is 0 Å². The molecule has 2 fully saturated rings. The molecule has 2 rings (SSSR count). The van der Waals surface area contributed by atoms with Gasteiger partial charge in [-0.1, -0.05) is 18.0 Å². The molecule has 0 aromatic carbocycles. The first kappa shape index (κ1) is 8.05. The second-order valence-corrected chi connectivity index (χ2v) is 3.92. The number of likely N-dealkylation sites (tertiary alicyclic amines) is 1. The maximum atomic E-state index is 8.53. The first-order valence-corrected chi connectivity index (χ1v) is 4.80. The van der Waals surface area contributed by atoms with Gasteiger partial charge in [-0.15, -0.1) is 0 Å². The molecule has 0 spiro atoms. The fourth-order valence-electron chi connectivity index (χ4n) is 1.75. The highest BCUT2D eigenvalue weighted by molar-refractivity contribution is 5.87. The van der Waals surface area contributed by atoms with E-state index < -0.39 is 0 Å². The van der Waals surface area contributed by atoms with Crippen molar-refractivity contribution in [2.75, 3.05) is 19.6 Å². The first-order chi connectivity index (χ1) is 5.88. The molecular weight excluding hydrogens is 152 g/mol. The van der Waals surface area contributed by atoms with Gasteiger partial charge in [0.2, 0.25) is 0 Å². The van der Waals surface area contributed by atoms with Gasteiger partial charge in [0.15, 0.2) is 0 Å². The van der Waals surface area contributed by atoms with Crippen LogP contribution in [0.5, 0.6) is 0 Å². The number of oxime groups is 1. The number of hydrogen-bond acceptors (Lipinski definition) is 3. The summed E-state index contributed by atoms with van der Waals surface area (Å²) in [5.41, 5.74) is 0.950.